The fourth-order valence-electron chi connectivity index (χ4n) is 3.90. The molecule has 31 heavy (non-hydrogen) atoms. The average molecular weight is 413 g/mol. The Bertz CT molecular complexity index is 1010. The summed E-state index contributed by atoms with van der Waals surface area (Å²) >= 11 is 0. The Balaban J connectivity index is 1.55. The third kappa shape index (κ3) is 4.33. The molecule has 0 aliphatic carbocycles. The number of carbonyl (C=O) groups is 1. The van der Waals surface area contributed by atoms with Crippen LogP contribution in [0.4, 0.5) is 28.4 Å². The lowest BCUT2D eigenvalue weighted by molar-refractivity contribution is -0.139. The number of nitrogens with zero attached hydrogens (tertiary/aromatic N) is 2. The van der Waals surface area contributed by atoms with E-state index >= 15 is 0 Å². The fraction of sp³-hybridized carbons (Fsp3) is 0.222. The van der Waals surface area contributed by atoms with E-state index in [1.54, 1.807) is 0 Å². The zero-order valence-electron chi connectivity index (χ0n) is 18.0. The molecule has 3 aromatic rings. The number of fused-ring (bicyclic) bond motifs is 2. The summed E-state index contributed by atoms with van der Waals surface area (Å²) in [5.74, 6) is -0.283. The van der Waals surface area contributed by atoms with Crippen LogP contribution in [-0.4, -0.2) is 19.1 Å². The van der Waals surface area contributed by atoms with Crippen molar-refractivity contribution in [3.8, 4) is 0 Å². The lowest BCUT2D eigenvalue weighted by atomic mass is 10.1. The Morgan fingerprint density at radius 2 is 1.35 bits per heavy atom. The lowest BCUT2D eigenvalue weighted by Crippen LogP contribution is -2.28. The zero-order valence-corrected chi connectivity index (χ0v) is 18.0. The number of hydrogen-bond acceptors (Lipinski definition) is 4. The standard InChI is InChI=1S/C27H28N2O2/c1-3-21(2)27(30)31-20-12-11-19-28-23-15-7-9-17-25(23)29(22-13-5-4-6-14-22)26-18-10-8-16-24(26)28/h4-10,13-18H,2-3,11-12,19-20H2,1H3. The molecular formula is C27H28N2O2. The van der Waals surface area contributed by atoms with E-state index in [9.17, 15) is 4.79 Å². The van der Waals surface area contributed by atoms with Crippen molar-refractivity contribution in [2.45, 2.75) is 26.2 Å². The zero-order chi connectivity index (χ0) is 21.6. The Morgan fingerprint density at radius 3 is 1.94 bits per heavy atom. The Labute approximate surface area is 184 Å². The maximum absolute atomic E-state index is 11.8. The molecule has 0 radical (unpaired) electrons. The van der Waals surface area contributed by atoms with Crippen LogP contribution < -0.4 is 9.80 Å². The summed E-state index contributed by atoms with van der Waals surface area (Å²) in [6.45, 7) is 6.92. The van der Waals surface area contributed by atoms with Gasteiger partial charge in [-0.2, -0.15) is 0 Å². The van der Waals surface area contributed by atoms with Crippen LogP contribution in [0, 0.1) is 0 Å². The second-order valence-corrected chi connectivity index (χ2v) is 7.60. The van der Waals surface area contributed by atoms with Crippen LogP contribution in [0.5, 0.6) is 0 Å². The molecule has 1 heterocycles. The SMILES string of the molecule is C=C(CC)C(=O)OCCCCN1c2ccccc2N(c2ccccc2)c2ccccc21. The van der Waals surface area contributed by atoms with E-state index in [1.165, 1.54) is 11.4 Å². The molecular weight excluding hydrogens is 384 g/mol. The molecule has 0 unspecified atom stereocenters. The predicted molar refractivity (Wildman–Crippen MR) is 128 cm³/mol. The first-order valence-electron chi connectivity index (χ1n) is 10.9. The molecule has 0 N–H and O–H groups in total. The monoisotopic (exact) mass is 412 g/mol. The van der Waals surface area contributed by atoms with Crippen LogP contribution in [0.2, 0.25) is 0 Å². The minimum Gasteiger partial charge on any atom is -0.462 e. The van der Waals surface area contributed by atoms with Gasteiger partial charge in [-0.05, 0) is 55.7 Å². The number of hydrogen-bond donors (Lipinski definition) is 0. The van der Waals surface area contributed by atoms with Crippen molar-refractivity contribution in [2.24, 2.45) is 0 Å². The quantitative estimate of drug-likeness (QED) is 0.229. The van der Waals surface area contributed by atoms with E-state index in [4.69, 9.17) is 4.74 Å². The summed E-state index contributed by atoms with van der Waals surface area (Å²) in [4.78, 5) is 16.5. The first-order valence-corrected chi connectivity index (χ1v) is 10.9. The van der Waals surface area contributed by atoms with Gasteiger partial charge in [0.25, 0.3) is 0 Å². The minimum absolute atomic E-state index is 0.283. The molecule has 4 heteroatoms. The Morgan fingerprint density at radius 1 is 0.806 bits per heavy atom. The predicted octanol–water partition coefficient (Wildman–Crippen LogP) is 6.90. The van der Waals surface area contributed by atoms with E-state index < -0.39 is 0 Å². The maximum Gasteiger partial charge on any atom is 0.333 e. The molecule has 1 aliphatic rings. The molecule has 158 valence electrons. The van der Waals surface area contributed by atoms with Crippen LogP contribution in [0.1, 0.15) is 26.2 Å². The molecule has 0 bridgehead atoms. The van der Waals surface area contributed by atoms with Gasteiger partial charge in [0.2, 0.25) is 0 Å². The number of ether oxygens (including phenoxy) is 1. The third-order valence-corrected chi connectivity index (χ3v) is 5.57. The molecule has 1 aliphatic heterocycles. The molecule has 0 fully saturated rings. The lowest BCUT2D eigenvalue weighted by Gasteiger charge is -2.40. The first kappa shape index (κ1) is 20.7. The van der Waals surface area contributed by atoms with E-state index in [2.05, 4.69) is 89.2 Å². The minimum atomic E-state index is -0.283. The van der Waals surface area contributed by atoms with Crippen LogP contribution in [-0.2, 0) is 9.53 Å². The number of para-hydroxylation sites is 5. The molecule has 3 aromatic carbocycles. The number of carbonyl (C=O) groups excluding carboxylic acids is 1. The third-order valence-electron chi connectivity index (χ3n) is 5.57. The van der Waals surface area contributed by atoms with Crippen LogP contribution in [0.25, 0.3) is 0 Å². The van der Waals surface area contributed by atoms with Gasteiger partial charge >= 0.3 is 5.97 Å². The molecule has 4 rings (SSSR count). The van der Waals surface area contributed by atoms with E-state index in [0.29, 0.717) is 18.6 Å². The summed E-state index contributed by atoms with van der Waals surface area (Å²) in [6.07, 6.45) is 2.35. The van der Waals surface area contributed by atoms with Gasteiger partial charge < -0.3 is 14.5 Å². The highest BCUT2D eigenvalue weighted by Crippen LogP contribution is 2.50. The highest BCUT2D eigenvalue weighted by molar-refractivity contribution is 5.97. The number of rotatable bonds is 8. The highest BCUT2D eigenvalue weighted by Gasteiger charge is 2.28. The molecule has 4 nitrogen and oxygen atoms in total. The summed E-state index contributed by atoms with van der Waals surface area (Å²) in [5.41, 5.74) is 6.36. The summed E-state index contributed by atoms with van der Waals surface area (Å²) in [6, 6.07) is 27.5. The first-order chi connectivity index (χ1) is 15.2. The molecule has 0 saturated carbocycles. The van der Waals surface area contributed by atoms with Crippen molar-refractivity contribution in [3.05, 3.63) is 91.0 Å². The average Bonchev–Trinajstić information content (AvgIpc) is 2.83. The largest absolute Gasteiger partial charge is 0.462 e. The second kappa shape index (κ2) is 9.52. The number of unbranched alkanes of at least 4 members (excludes halogenated alkanes) is 1. The van der Waals surface area contributed by atoms with Gasteiger partial charge in [-0.25, -0.2) is 4.79 Å². The van der Waals surface area contributed by atoms with Crippen molar-refractivity contribution < 1.29 is 9.53 Å². The molecule has 0 aromatic heterocycles. The Hall–Kier alpha value is -3.53. The summed E-state index contributed by atoms with van der Waals surface area (Å²) in [7, 11) is 0. The summed E-state index contributed by atoms with van der Waals surface area (Å²) in [5, 5.41) is 0. The highest BCUT2D eigenvalue weighted by atomic mass is 16.5. The summed E-state index contributed by atoms with van der Waals surface area (Å²) < 4.78 is 5.33. The van der Waals surface area contributed by atoms with Gasteiger partial charge in [-0.15, -0.1) is 0 Å². The number of esters is 1. The number of anilines is 5. The van der Waals surface area contributed by atoms with Crippen molar-refractivity contribution in [1.82, 2.24) is 0 Å². The van der Waals surface area contributed by atoms with Gasteiger partial charge in [0, 0.05) is 17.8 Å². The van der Waals surface area contributed by atoms with Gasteiger partial charge in [-0.1, -0.05) is 56.0 Å². The molecule has 0 amide bonds. The van der Waals surface area contributed by atoms with Gasteiger partial charge in [0.1, 0.15) is 0 Å². The van der Waals surface area contributed by atoms with E-state index in [0.717, 1.165) is 36.4 Å². The van der Waals surface area contributed by atoms with Crippen molar-refractivity contribution in [2.75, 3.05) is 23.0 Å². The van der Waals surface area contributed by atoms with Gasteiger partial charge in [0.05, 0.1) is 29.4 Å². The molecule has 0 saturated heterocycles. The van der Waals surface area contributed by atoms with Crippen molar-refractivity contribution in [1.29, 1.82) is 0 Å². The van der Waals surface area contributed by atoms with Crippen molar-refractivity contribution in [3.63, 3.8) is 0 Å². The van der Waals surface area contributed by atoms with Crippen LogP contribution in [0.15, 0.2) is 91.0 Å². The number of benzene rings is 3. The Kier molecular flexibility index (Phi) is 6.37. The molecule has 0 atom stereocenters. The molecule has 0 spiro atoms. The van der Waals surface area contributed by atoms with E-state index in [-0.39, 0.29) is 5.97 Å². The topological polar surface area (TPSA) is 32.8 Å². The van der Waals surface area contributed by atoms with E-state index in [1.807, 2.05) is 13.0 Å². The normalized spacial score (nSPS) is 12.2. The van der Waals surface area contributed by atoms with Crippen molar-refractivity contribution >= 4 is 34.4 Å². The van der Waals surface area contributed by atoms with Gasteiger partial charge in [0.15, 0.2) is 0 Å². The maximum atomic E-state index is 11.8. The second-order valence-electron chi connectivity index (χ2n) is 7.60. The van der Waals surface area contributed by atoms with Crippen LogP contribution >= 0.6 is 0 Å². The van der Waals surface area contributed by atoms with Gasteiger partial charge in [-0.3, -0.25) is 0 Å². The fourth-order valence-corrected chi connectivity index (χ4v) is 3.90. The van der Waals surface area contributed by atoms with Crippen LogP contribution in [0.3, 0.4) is 0 Å². The smallest absolute Gasteiger partial charge is 0.333 e.